The van der Waals surface area contributed by atoms with Crippen molar-refractivity contribution in [1.82, 2.24) is 10.1 Å². The first kappa shape index (κ1) is 14.0. The Morgan fingerprint density at radius 3 is 2.52 bits per heavy atom. The van der Waals surface area contributed by atoms with E-state index in [-0.39, 0.29) is 23.3 Å². The van der Waals surface area contributed by atoms with Gasteiger partial charge < -0.3 is 15.0 Å². The molecule has 1 aliphatic heterocycles. The summed E-state index contributed by atoms with van der Waals surface area (Å²) in [7, 11) is 0. The summed E-state index contributed by atoms with van der Waals surface area (Å²) in [5, 5.41) is 3.67. The number of ether oxygens (including phenoxy) is 1. The molecule has 3 rings (SSSR count). The summed E-state index contributed by atoms with van der Waals surface area (Å²) in [6, 6.07) is 1.29. The van der Waals surface area contributed by atoms with Gasteiger partial charge in [-0.15, -0.1) is 0 Å². The number of nitrogens with zero attached hydrogens (tertiary/aromatic N) is 2. The van der Waals surface area contributed by atoms with Crippen molar-refractivity contribution in [1.29, 1.82) is 0 Å². The standard InChI is InChI=1S/C13H12F3N3O2/c1-13(5-20-4-9(13)17)12-18-11(19-21-12)6-2-7(14)10(16)8(15)3-6/h2-3,9H,4-5,17H2,1H3. The number of halogens is 3. The Morgan fingerprint density at radius 1 is 1.29 bits per heavy atom. The van der Waals surface area contributed by atoms with Gasteiger partial charge in [-0.25, -0.2) is 13.2 Å². The summed E-state index contributed by atoms with van der Waals surface area (Å²) >= 11 is 0. The minimum Gasteiger partial charge on any atom is -0.379 e. The number of benzene rings is 1. The lowest BCUT2D eigenvalue weighted by Crippen LogP contribution is -2.42. The van der Waals surface area contributed by atoms with Gasteiger partial charge in [-0.2, -0.15) is 4.98 Å². The molecule has 1 saturated heterocycles. The monoisotopic (exact) mass is 299 g/mol. The zero-order valence-electron chi connectivity index (χ0n) is 11.1. The molecule has 0 spiro atoms. The van der Waals surface area contributed by atoms with Crippen LogP contribution in [0.25, 0.3) is 11.4 Å². The van der Waals surface area contributed by atoms with E-state index in [9.17, 15) is 13.2 Å². The first-order valence-corrected chi connectivity index (χ1v) is 6.24. The molecule has 5 nitrogen and oxygen atoms in total. The Bertz CT molecular complexity index is 668. The molecule has 1 aromatic carbocycles. The van der Waals surface area contributed by atoms with Crippen LogP contribution in [0.5, 0.6) is 0 Å². The highest BCUT2D eigenvalue weighted by Crippen LogP contribution is 2.32. The van der Waals surface area contributed by atoms with Gasteiger partial charge in [0, 0.05) is 11.6 Å². The number of nitrogens with two attached hydrogens (primary N) is 1. The quantitative estimate of drug-likeness (QED) is 0.855. The molecule has 1 fully saturated rings. The van der Waals surface area contributed by atoms with Gasteiger partial charge in [0.25, 0.3) is 0 Å². The molecular formula is C13H12F3N3O2. The van der Waals surface area contributed by atoms with Gasteiger partial charge in [-0.1, -0.05) is 5.16 Å². The highest BCUT2D eigenvalue weighted by molar-refractivity contribution is 5.54. The predicted octanol–water partition coefficient (Wildman–Crippen LogP) is 1.77. The Hall–Kier alpha value is -1.93. The Kier molecular flexibility index (Phi) is 3.22. The average molecular weight is 299 g/mol. The van der Waals surface area contributed by atoms with Crippen molar-refractivity contribution in [3.63, 3.8) is 0 Å². The molecule has 0 aliphatic carbocycles. The van der Waals surface area contributed by atoms with E-state index in [4.69, 9.17) is 15.0 Å². The average Bonchev–Trinajstić information content (AvgIpc) is 3.05. The first-order valence-electron chi connectivity index (χ1n) is 6.24. The molecule has 0 bridgehead atoms. The van der Waals surface area contributed by atoms with Crippen LogP contribution >= 0.6 is 0 Å². The van der Waals surface area contributed by atoms with Gasteiger partial charge >= 0.3 is 0 Å². The van der Waals surface area contributed by atoms with Crippen molar-refractivity contribution < 1.29 is 22.4 Å². The van der Waals surface area contributed by atoms with Crippen LogP contribution in [0, 0.1) is 17.5 Å². The van der Waals surface area contributed by atoms with Crippen molar-refractivity contribution in [2.75, 3.05) is 13.2 Å². The summed E-state index contributed by atoms with van der Waals surface area (Å²) in [4.78, 5) is 4.10. The zero-order valence-corrected chi connectivity index (χ0v) is 11.1. The fourth-order valence-corrected chi connectivity index (χ4v) is 2.17. The molecule has 1 aliphatic rings. The molecule has 2 heterocycles. The van der Waals surface area contributed by atoms with Crippen molar-refractivity contribution in [3.8, 4) is 11.4 Å². The van der Waals surface area contributed by atoms with Crippen LogP contribution < -0.4 is 5.73 Å². The second-order valence-corrected chi connectivity index (χ2v) is 5.22. The van der Waals surface area contributed by atoms with E-state index in [2.05, 4.69) is 10.1 Å². The lowest BCUT2D eigenvalue weighted by atomic mass is 9.86. The first-order chi connectivity index (χ1) is 9.91. The van der Waals surface area contributed by atoms with Gasteiger partial charge in [0.2, 0.25) is 11.7 Å². The van der Waals surface area contributed by atoms with Crippen LogP contribution in [0.2, 0.25) is 0 Å². The lowest BCUT2D eigenvalue weighted by Gasteiger charge is -2.21. The van der Waals surface area contributed by atoms with Crippen LogP contribution in [-0.2, 0) is 10.2 Å². The molecule has 2 atom stereocenters. The van der Waals surface area contributed by atoms with E-state index < -0.39 is 22.9 Å². The maximum absolute atomic E-state index is 13.2. The molecular weight excluding hydrogens is 287 g/mol. The van der Waals surface area contributed by atoms with Crippen molar-refractivity contribution in [2.24, 2.45) is 5.73 Å². The highest BCUT2D eigenvalue weighted by atomic mass is 19.2. The molecule has 0 amide bonds. The Morgan fingerprint density at radius 2 is 1.95 bits per heavy atom. The van der Waals surface area contributed by atoms with Crippen LogP contribution in [0.1, 0.15) is 12.8 Å². The highest BCUT2D eigenvalue weighted by Gasteiger charge is 2.44. The minimum absolute atomic E-state index is 0.0162. The third kappa shape index (κ3) is 2.20. The second-order valence-electron chi connectivity index (χ2n) is 5.22. The third-order valence-corrected chi connectivity index (χ3v) is 3.67. The van der Waals surface area contributed by atoms with E-state index in [0.29, 0.717) is 13.2 Å². The lowest BCUT2D eigenvalue weighted by molar-refractivity contribution is 0.169. The smallest absolute Gasteiger partial charge is 0.236 e. The van der Waals surface area contributed by atoms with Gasteiger partial charge in [0.1, 0.15) is 0 Å². The molecule has 21 heavy (non-hydrogen) atoms. The molecule has 2 aromatic rings. The molecule has 1 aromatic heterocycles. The molecule has 0 radical (unpaired) electrons. The third-order valence-electron chi connectivity index (χ3n) is 3.67. The zero-order chi connectivity index (χ0) is 15.2. The van der Waals surface area contributed by atoms with Crippen molar-refractivity contribution >= 4 is 0 Å². The fraction of sp³-hybridized carbons (Fsp3) is 0.385. The van der Waals surface area contributed by atoms with Crippen LogP contribution in [-0.4, -0.2) is 29.4 Å². The van der Waals surface area contributed by atoms with E-state index in [1.54, 1.807) is 6.92 Å². The Labute approximate surface area is 117 Å². The maximum Gasteiger partial charge on any atom is 0.236 e. The van der Waals surface area contributed by atoms with E-state index in [1.165, 1.54) is 0 Å². The number of aromatic nitrogens is 2. The van der Waals surface area contributed by atoms with Gasteiger partial charge in [-0.3, -0.25) is 0 Å². The van der Waals surface area contributed by atoms with Gasteiger partial charge in [-0.05, 0) is 19.1 Å². The minimum atomic E-state index is -1.54. The van der Waals surface area contributed by atoms with Gasteiger partial charge in [0.05, 0.1) is 18.6 Å². The van der Waals surface area contributed by atoms with Crippen molar-refractivity contribution in [3.05, 3.63) is 35.5 Å². The summed E-state index contributed by atoms with van der Waals surface area (Å²) in [5.41, 5.74) is 5.26. The Balaban J connectivity index is 1.99. The number of hydrogen-bond donors (Lipinski definition) is 1. The molecule has 2 N–H and O–H groups in total. The normalized spacial score (nSPS) is 25.5. The summed E-state index contributed by atoms with van der Waals surface area (Å²) in [6.07, 6.45) is 0. The summed E-state index contributed by atoms with van der Waals surface area (Å²) < 4.78 is 49.8. The molecule has 2 unspecified atom stereocenters. The fourth-order valence-electron chi connectivity index (χ4n) is 2.17. The molecule has 112 valence electrons. The largest absolute Gasteiger partial charge is 0.379 e. The predicted molar refractivity (Wildman–Crippen MR) is 65.8 cm³/mol. The molecule has 8 heteroatoms. The molecule has 0 saturated carbocycles. The number of rotatable bonds is 2. The van der Waals surface area contributed by atoms with Gasteiger partial charge in [0.15, 0.2) is 17.5 Å². The SMILES string of the molecule is CC1(c2nc(-c3cc(F)c(F)c(F)c3)no2)COCC1N. The van der Waals surface area contributed by atoms with Crippen molar-refractivity contribution in [2.45, 2.75) is 18.4 Å². The van der Waals surface area contributed by atoms with E-state index >= 15 is 0 Å². The topological polar surface area (TPSA) is 74.2 Å². The van der Waals surface area contributed by atoms with Crippen LogP contribution in [0.3, 0.4) is 0 Å². The number of hydrogen-bond acceptors (Lipinski definition) is 5. The second kappa shape index (κ2) is 4.81. The van der Waals surface area contributed by atoms with Crippen LogP contribution in [0.4, 0.5) is 13.2 Å². The summed E-state index contributed by atoms with van der Waals surface area (Å²) in [6.45, 7) is 2.46. The maximum atomic E-state index is 13.2. The summed E-state index contributed by atoms with van der Waals surface area (Å²) in [5.74, 6) is -4.00. The van der Waals surface area contributed by atoms with E-state index in [0.717, 1.165) is 12.1 Å². The van der Waals surface area contributed by atoms with Crippen LogP contribution in [0.15, 0.2) is 16.7 Å². The van der Waals surface area contributed by atoms with E-state index in [1.807, 2.05) is 0 Å².